The Bertz CT molecular complexity index is 559. The first-order valence-corrected chi connectivity index (χ1v) is 7.73. The van der Waals surface area contributed by atoms with Gasteiger partial charge in [-0.25, -0.2) is 0 Å². The molecule has 2 atom stereocenters. The van der Waals surface area contributed by atoms with Crippen LogP contribution >= 0.6 is 24.8 Å². The van der Waals surface area contributed by atoms with Crippen LogP contribution in [0.1, 0.15) is 17.5 Å². The van der Waals surface area contributed by atoms with Gasteiger partial charge < -0.3 is 15.8 Å². The number of alkyl halides is 3. The fourth-order valence-electron chi connectivity index (χ4n) is 2.71. The van der Waals surface area contributed by atoms with Crippen molar-refractivity contribution in [3.05, 3.63) is 35.4 Å². The molecule has 1 aromatic carbocycles. The lowest BCUT2D eigenvalue weighted by molar-refractivity contribution is -0.137. The van der Waals surface area contributed by atoms with Gasteiger partial charge in [0.15, 0.2) is 0 Å². The number of benzene rings is 1. The molecule has 1 aromatic rings. The molecule has 1 fully saturated rings. The molecule has 26 heavy (non-hydrogen) atoms. The molecule has 1 amide bonds. The van der Waals surface area contributed by atoms with E-state index in [0.29, 0.717) is 13.1 Å². The maximum atomic E-state index is 12.5. The van der Waals surface area contributed by atoms with Gasteiger partial charge in [0.2, 0.25) is 5.91 Å². The molecule has 1 heterocycles. The first kappa shape index (κ1) is 24.9. The summed E-state index contributed by atoms with van der Waals surface area (Å²) < 4.78 is 42.5. The van der Waals surface area contributed by atoms with Crippen LogP contribution in [-0.4, -0.2) is 49.7 Å². The number of nitrogens with one attached hydrogen (secondary N) is 1. The molecule has 0 saturated carbocycles. The highest BCUT2D eigenvalue weighted by Gasteiger charge is 2.30. The Morgan fingerprint density at radius 2 is 1.96 bits per heavy atom. The molecule has 1 aliphatic heterocycles. The van der Waals surface area contributed by atoms with Crippen molar-refractivity contribution in [2.75, 3.05) is 26.8 Å². The zero-order valence-electron chi connectivity index (χ0n) is 14.3. The van der Waals surface area contributed by atoms with Gasteiger partial charge in [-0.1, -0.05) is 12.1 Å². The number of amides is 1. The molecule has 1 saturated heterocycles. The van der Waals surface area contributed by atoms with Crippen molar-refractivity contribution >= 4 is 30.7 Å². The largest absolute Gasteiger partial charge is 0.416 e. The summed E-state index contributed by atoms with van der Waals surface area (Å²) in [6.45, 7) is 2.13. The fourth-order valence-corrected chi connectivity index (χ4v) is 2.71. The molecule has 0 radical (unpaired) electrons. The van der Waals surface area contributed by atoms with E-state index in [1.807, 2.05) is 0 Å². The van der Waals surface area contributed by atoms with Crippen molar-refractivity contribution in [1.29, 1.82) is 0 Å². The molecule has 150 valence electrons. The van der Waals surface area contributed by atoms with Gasteiger partial charge >= 0.3 is 6.18 Å². The van der Waals surface area contributed by atoms with Gasteiger partial charge in [-0.3, -0.25) is 9.69 Å². The Morgan fingerprint density at radius 3 is 2.50 bits per heavy atom. The zero-order valence-corrected chi connectivity index (χ0v) is 15.9. The number of carbonyl (C=O) groups excluding carboxylic acids is 1. The van der Waals surface area contributed by atoms with Crippen LogP contribution in [0.2, 0.25) is 0 Å². The zero-order chi connectivity index (χ0) is 17.7. The van der Waals surface area contributed by atoms with Crippen molar-refractivity contribution in [2.45, 2.75) is 31.2 Å². The first-order chi connectivity index (χ1) is 11.3. The van der Waals surface area contributed by atoms with E-state index in [1.54, 1.807) is 0 Å². The second kappa shape index (κ2) is 10.9. The first-order valence-electron chi connectivity index (χ1n) is 7.73. The van der Waals surface area contributed by atoms with Crippen LogP contribution < -0.4 is 11.1 Å². The number of nitrogens with two attached hydrogens (primary N) is 1. The van der Waals surface area contributed by atoms with Crippen LogP contribution in [0.15, 0.2) is 24.3 Å². The summed E-state index contributed by atoms with van der Waals surface area (Å²) in [5.74, 6) is -0.252. The SMILES string of the molecule is COCC(N)C(=O)NC1CCN(Cc2ccc(C(F)(F)F)cc2)C1.Cl.Cl. The van der Waals surface area contributed by atoms with Crippen LogP contribution in [0.25, 0.3) is 0 Å². The van der Waals surface area contributed by atoms with Crippen LogP contribution in [-0.2, 0) is 22.3 Å². The van der Waals surface area contributed by atoms with Gasteiger partial charge in [0.1, 0.15) is 6.04 Å². The minimum absolute atomic E-state index is 0. The molecule has 5 nitrogen and oxygen atoms in total. The van der Waals surface area contributed by atoms with Crippen molar-refractivity contribution in [1.82, 2.24) is 10.2 Å². The van der Waals surface area contributed by atoms with Gasteiger partial charge in [0.25, 0.3) is 0 Å². The molecule has 2 unspecified atom stereocenters. The van der Waals surface area contributed by atoms with Crippen LogP contribution in [0.3, 0.4) is 0 Å². The number of halogens is 5. The third-order valence-corrected chi connectivity index (χ3v) is 3.99. The summed E-state index contributed by atoms with van der Waals surface area (Å²) in [6, 6.07) is 4.46. The van der Waals surface area contributed by atoms with Crippen molar-refractivity contribution < 1.29 is 22.7 Å². The average molecular weight is 418 g/mol. The summed E-state index contributed by atoms with van der Waals surface area (Å²) >= 11 is 0. The van der Waals surface area contributed by atoms with E-state index in [4.69, 9.17) is 10.5 Å². The lowest BCUT2D eigenvalue weighted by Gasteiger charge is -2.18. The number of nitrogens with zero attached hydrogens (tertiary/aromatic N) is 1. The second-order valence-corrected chi connectivity index (χ2v) is 5.99. The van der Waals surface area contributed by atoms with Crippen molar-refractivity contribution in [3.8, 4) is 0 Å². The van der Waals surface area contributed by atoms with Crippen LogP contribution in [0.4, 0.5) is 13.2 Å². The van der Waals surface area contributed by atoms with Gasteiger partial charge in [0.05, 0.1) is 12.2 Å². The normalized spacial score (nSPS) is 18.6. The van der Waals surface area contributed by atoms with Gasteiger partial charge in [0, 0.05) is 32.8 Å². The van der Waals surface area contributed by atoms with E-state index in [0.717, 1.165) is 30.7 Å². The van der Waals surface area contributed by atoms with Gasteiger partial charge in [-0.15, -0.1) is 24.8 Å². The summed E-state index contributed by atoms with van der Waals surface area (Å²) in [5.41, 5.74) is 5.83. The predicted molar refractivity (Wildman–Crippen MR) is 97.6 cm³/mol. The van der Waals surface area contributed by atoms with Gasteiger partial charge in [-0.2, -0.15) is 13.2 Å². The van der Waals surface area contributed by atoms with Crippen LogP contribution in [0, 0.1) is 0 Å². The lowest BCUT2D eigenvalue weighted by atomic mass is 10.1. The standard InChI is InChI=1S/C16H22F3N3O2.2ClH/c1-24-10-14(20)15(23)21-13-6-7-22(9-13)8-11-2-4-12(5-3-11)16(17,18)19;;/h2-5,13-14H,6-10,20H2,1H3,(H,21,23);2*1H. The van der Waals surface area contributed by atoms with E-state index >= 15 is 0 Å². The lowest BCUT2D eigenvalue weighted by Crippen LogP contribution is -2.48. The summed E-state index contributed by atoms with van der Waals surface area (Å²) in [5, 5.41) is 2.87. The Hall–Kier alpha value is -1.06. The van der Waals surface area contributed by atoms with Gasteiger partial charge in [-0.05, 0) is 24.1 Å². The molecule has 0 bridgehead atoms. The molecule has 0 aromatic heterocycles. The maximum absolute atomic E-state index is 12.5. The third kappa shape index (κ3) is 7.28. The average Bonchev–Trinajstić information content (AvgIpc) is 2.94. The van der Waals surface area contributed by atoms with E-state index < -0.39 is 17.8 Å². The third-order valence-electron chi connectivity index (χ3n) is 3.99. The summed E-state index contributed by atoms with van der Waals surface area (Å²) in [4.78, 5) is 13.9. The molecule has 3 N–H and O–H groups in total. The number of hydrogen-bond donors (Lipinski definition) is 2. The second-order valence-electron chi connectivity index (χ2n) is 5.99. The van der Waals surface area contributed by atoms with E-state index in [9.17, 15) is 18.0 Å². The number of rotatable bonds is 6. The topological polar surface area (TPSA) is 67.6 Å². The fraction of sp³-hybridized carbons (Fsp3) is 0.562. The predicted octanol–water partition coefficient (Wildman–Crippen LogP) is 2.21. The molecule has 10 heteroatoms. The van der Waals surface area contributed by atoms with Crippen LogP contribution in [0.5, 0.6) is 0 Å². The summed E-state index contributed by atoms with van der Waals surface area (Å²) in [6.07, 6.45) is -3.53. The van der Waals surface area contributed by atoms with E-state index in [1.165, 1.54) is 19.2 Å². The Balaban J connectivity index is 0.00000312. The summed E-state index contributed by atoms with van der Waals surface area (Å²) in [7, 11) is 1.48. The smallest absolute Gasteiger partial charge is 0.383 e. The highest BCUT2D eigenvalue weighted by Crippen LogP contribution is 2.29. The van der Waals surface area contributed by atoms with E-state index in [2.05, 4.69) is 10.2 Å². The van der Waals surface area contributed by atoms with Crippen molar-refractivity contribution in [3.63, 3.8) is 0 Å². The maximum Gasteiger partial charge on any atom is 0.416 e. The van der Waals surface area contributed by atoms with Crippen molar-refractivity contribution in [2.24, 2.45) is 5.73 Å². The minimum atomic E-state index is -4.32. The monoisotopic (exact) mass is 417 g/mol. The number of likely N-dealkylation sites (tertiary alicyclic amines) is 1. The molecule has 2 rings (SSSR count). The number of carbonyl (C=O) groups is 1. The number of ether oxygens (including phenoxy) is 1. The molecule has 1 aliphatic rings. The molecule has 0 spiro atoms. The molecule has 0 aliphatic carbocycles. The number of hydrogen-bond acceptors (Lipinski definition) is 4. The molecular formula is C16H24Cl2F3N3O2. The highest BCUT2D eigenvalue weighted by molar-refractivity contribution is 5.85. The Morgan fingerprint density at radius 1 is 1.35 bits per heavy atom. The Kier molecular flexibility index (Phi) is 10.5. The number of methoxy groups -OCH3 is 1. The Labute approximate surface area is 163 Å². The van der Waals surface area contributed by atoms with E-state index in [-0.39, 0.29) is 43.4 Å². The highest BCUT2D eigenvalue weighted by atomic mass is 35.5. The molecular weight excluding hydrogens is 394 g/mol. The quantitative estimate of drug-likeness (QED) is 0.744. The minimum Gasteiger partial charge on any atom is -0.383 e.